The van der Waals surface area contributed by atoms with Crippen molar-refractivity contribution in [2.24, 2.45) is 5.92 Å². The zero-order valence-electron chi connectivity index (χ0n) is 19.7. The van der Waals surface area contributed by atoms with Gasteiger partial charge >= 0.3 is 5.97 Å². The second-order valence-corrected chi connectivity index (χ2v) is 8.22. The fraction of sp³-hybridized carbons (Fsp3) is 0.480. The van der Waals surface area contributed by atoms with Crippen LogP contribution in [0.15, 0.2) is 24.3 Å². The predicted molar refractivity (Wildman–Crippen MR) is 122 cm³/mol. The van der Waals surface area contributed by atoms with Crippen LogP contribution in [0.3, 0.4) is 0 Å². The van der Waals surface area contributed by atoms with Gasteiger partial charge in [-0.05, 0) is 56.4 Å². The lowest BCUT2D eigenvalue weighted by Crippen LogP contribution is -2.38. The molecular formula is C25H34N2O4. The summed E-state index contributed by atoms with van der Waals surface area (Å²) in [5.41, 5.74) is 3.92. The third kappa shape index (κ3) is 5.24. The Kier molecular flexibility index (Phi) is 8.20. The number of aryl methyl sites for hydroxylation is 1. The number of rotatable bonds is 9. The van der Waals surface area contributed by atoms with Crippen LogP contribution in [0.2, 0.25) is 0 Å². The molecule has 31 heavy (non-hydrogen) atoms. The molecule has 2 aromatic rings. The summed E-state index contributed by atoms with van der Waals surface area (Å²) >= 11 is 0. The average molecular weight is 427 g/mol. The average Bonchev–Trinajstić information content (AvgIpc) is 3.01. The smallest absolute Gasteiger partial charge is 0.354 e. The monoisotopic (exact) mass is 426 g/mol. The van der Waals surface area contributed by atoms with E-state index in [2.05, 4.69) is 6.92 Å². The number of carbonyl (C=O) groups excluding carboxylic acids is 3. The van der Waals surface area contributed by atoms with Crippen LogP contribution in [-0.2, 0) is 17.7 Å². The third-order valence-electron chi connectivity index (χ3n) is 5.56. The highest BCUT2D eigenvalue weighted by molar-refractivity contribution is 6.06. The van der Waals surface area contributed by atoms with Crippen LogP contribution in [0, 0.1) is 19.8 Å². The minimum absolute atomic E-state index is 0.0391. The largest absolute Gasteiger partial charge is 0.464 e. The highest BCUT2D eigenvalue weighted by Gasteiger charge is 2.28. The molecule has 0 spiro atoms. The molecule has 0 atom stereocenters. The van der Waals surface area contributed by atoms with Gasteiger partial charge in [-0.25, -0.2) is 4.79 Å². The molecule has 0 radical (unpaired) electrons. The number of carbonyl (C=O) groups is 3. The van der Waals surface area contributed by atoms with Crippen LogP contribution in [0.1, 0.15) is 75.7 Å². The van der Waals surface area contributed by atoms with E-state index in [1.807, 2.05) is 52.0 Å². The second kappa shape index (κ2) is 10.4. The van der Waals surface area contributed by atoms with Crippen molar-refractivity contribution in [1.29, 1.82) is 0 Å². The molecule has 0 N–H and O–H groups in total. The summed E-state index contributed by atoms with van der Waals surface area (Å²) in [6.45, 7) is 12.6. The van der Waals surface area contributed by atoms with Crippen LogP contribution < -0.4 is 0 Å². The van der Waals surface area contributed by atoms with Gasteiger partial charge in [-0.1, -0.05) is 32.9 Å². The van der Waals surface area contributed by atoms with Crippen molar-refractivity contribution in [2.45, 2.75) is 54.5 Å². The minimum Gasteiger partial charge on any atom is -0.464 e. The molecule has 1 amide bonds. The summed E-state index contributed by atoms with van der Waals surface area (Å²) in [6.07, 6.45) is 0.901. The number of ketones is 1. The first-order chi connectivity index (χ1) is 14.7. The fourth-order valence-corrected chi connectivity index (χ4v) is 4.04. The molecule has 2 rings (SSSR count). The Morgan fingerprint density at radius 2 is 1.68 bits per heavy atom. The number of hydrogen-bond donors (Lipinski definition) is 0. The topological polar surface area (TPSA) is 68.6 Å². The van der Waals surface area contributed by atoms with Crippen molar-refractivity contribution >= 4 is 17.7 Å². The molecule has 6 nitrogen and oxygen atoms in total. The highest BCUT2D eigenvalue weighted by Crippen LogP contribution is 2.24. The van der Waals surface area contributed by atoms with Gasteiger partial charge in [0.15, 0.2) is 5.78 Å². The van der Waals surface area contributed by atoms with E-state index in [9.17, 15) is 14.4 Å². The van der Waals surface area contributed by atoms with Crippen molar-refractivity contribution < 1.29 is 19.1 Å². The van der Waals surface area contributed by atoms with E-state index in [1.165, 1.54) is 7.11 Å². The lowest BCUT2D eigenvalue weighted by Gasteiger charge is -2.24. The number of nitrogens with zero attached hydrogens (tertiary/aromatic N) is 2. The van der Waals surface area contributed by atoms with Gasteiger partial charge in [0.1, 0.15) is 5.69 Å². The van der Waals surface area contributed by atoms with Crippen LogP contribution in [0.25, 0.3) is 0 Å². The Bertz CT molecular complexity index is 955. The molecule has 0 aliphatic carbocycles. The van der Waals surface area contributed by atoms with Gasteiger partial charge in [0.25, 0.3) is 5.91 Å². The molecule has 0 aliphatic rings. The number of amides is 1. The molecule has 0 bridgehead atoms. The van der Waals surface area contributed by atoms with E-state index in [0.717, 1.165) is 17.7 Å². The summed E-state index contributed by atoms with van der Waals surface area (Å²) in [6, 6.07) is 7.53. The van der Waals surface area contributed by atoms with E-state index in [1.54, 1.807) is 16.4 Å². The van der Waals surface area contributed by atoms with Gasteiger partial charge in [-0.3, -0.25) is 9.59 Å². The predicted octanol–water partition coefficient (Wildman–Crippen LogP) is 4.45. The van der Waals surface area contributed by atoms with E-state index in [0.29, 0.717) is 35.5 Å². The maximum Gasteiger partial charge on any atom is 0.354 e. The quantitative estimate of drug-likeness (QED) is 0.439. The Morgan fingerprint density at radius 3 is 2.16 bits per heavy atom. The molecule has 0 aliphatic heterocycles. The maximum atomic E-state index is 13.3. The lowest BCUT2D eigenvalue weighted by molar-refractivity contribution is 0.0587. The van der Waals surface area contributed by atoms with Gasteiger partial charge < -0.3 is 14.2 Å². The standard InChI is InChI=1S/C25H34N2O4/c1-8-19-10-12-20(13-11-19)24(29)26(14-16(3)4)15-21(28)22-17(5)23(25(30)31-7)27(9-2)18(22)6/h10-13,16H,8-9,14-15H2,1-7H3. The van der Waals surface area contributed by atoms with Crippen molar-refractivity contribution in [3.8, 4) is 0 Å². The van der Waals surface area contributed by atoms with Crippen LogP contribution in [0.4, 0.5) is 0 Å². The van der Waals surface area contributed by atoms with E-state index in [4.69, 9.17) is 4.74 Å². The van der Waals surface area contributed by atoms with Gasteiger partial charge in [0, 0.05) is 29.9 Å². The van der Waals surface area contributed by atoms with Crippen molar-refractivity contribution in [2.75, 3.05) is 20.2 Å². The number of methoxy groups -OCH3 is 1. The Hall–Kier alpha value is -2.89. The third-order valence-corrected chi connectivity index (χ3v) is 5.56. The molecule has 1 aromatic heterocycles. The number of Topliss-reactive ketones (excluding diaryl/α,β-unsaturated/α-hetero) is 1. The van der Waals surface area contributed by atoms with Crippen LogP contribution >= 0.6 is 0 Å². The Balaban J connectivity index is 2.39. The molecule has 6 heteroatoms. The number of ether oxygens (including phenoxy) is 1. The summed E-state index contributed by atoms with van der Waals surface area (Å²) in [4.78, 5) is 40.4. The molecule has 0 unspecified atom stereocenters. The maximum absolute atomic E-state index is 13.3. The van der Waals surface area contributed by atoms with Gasteiger partial charge in [0.05, 0.1) is 13.7 Å². The fourth-order valence-electron chi connectivity index (χ4n) is 4.04. The second-order valence-electron chi connectivity index (χ2n) is 8.22. The van der Waals surface area contributed by atoms with E-state index >= 15 is 0 Å². The molecule has 168 valence electrons. The van der Waals surface area contributed by atoms with Crippen LogP contribution in [0.5, 0.6) is 0 Å². The zero-order valence-corrected chi connectivity index (χ0v) is 19.7. The lowest BCUT2D eigenvalue weighted by atomic mass is 10.0. The first-order valence-electron chi connectivity index (χ1n) is 10.8. The normalized spacial score (nSPS) is 11.0. The first kappa shape index (κ1) is 24.4. The van der Waals surface area contributed by atoms with Gasteiger partial charge in [0.2, 0.25) is 0 Å². The Morgan fingerprint density at radius 1 is 1.06 bits per heavy atom. The van der Waals surface area contributed by atoms with Crippen LogP contribution in [-0.4, -0.2) is 47.3 Å². The molecular weight excluding hydrogens is 392 g/mol. The number of hydrogen-bond acceptors (Lipinski definition) is 4. The van der Waals surface area contributed by atoms with Crippen molar-refractivity contribution in [3.05, 3.63) is 57.9 Å². The summed E-state index contributed by atoms with van der Waals surface area (Å²) in [5, 5.41) is 0. The van der Waals surface area contributed by atoms with Gasteiger partial charge in [-0.15, -0.1) is 0 Å². The summed E-state index contributed by atoms with van der Waals surface area (Å²) in [5.74, 6) is -0.595. The zero-order chi connectivity index (χ0) is 23.3. The SMILES string of the molecule is CCc1ccc(C(=O)N(CC(=O)c2c(C)c(C(=O)OC)n(CC)c2C)CC(C)C)cc1. The number of benzene rings is 1. The summed E-state index contributed by atoms with van der Waals surface area (Å²) < 4.78 is 6.72. The van der Waals surface area contributed by atoms with Crippen molar-refractivity contribution in [3.63, 3.8) is 0 Å². The number of aromatic nitrogens is 1. The minimum atomic E-state index is -0.465. The van der Waals surface area contributed by atoms with Gasteiger partial charge in [-0.2, -0.15) is 0 Å². The molecule has 0 saturated carbocycles. The first-order valence-corrected chi connectivity index (χ1v) is 10.8. The van der Waals surface area contributed by atoms with Crippen molar-refractivity contribution in [1.82, 2.24) is 9.47 Å². The van der Waals surface area contributed by atoms with E-state index < -0.39 is 5.97 Å². The summed E-state index contributed by atoms with van der Waals surface area (Å²) in [7, 11) is 1.33. The van der Waals surface area contributed by atoms with E-state index in [-0.39, 0.29) is 24.2 Å². The number of esters is 1. The molecule has 0 saturated heterocycles. The highest BCUT2D eigenvalue weighted by atomic mass is 16.5. The molecule has 1 aromatic carbocycles. The molecule has 0 fully saturated rings. The molecule has 1 heterocycles. The Labute approximate surface area is 185 Å².